The molecule has 1 aliphatic rings. The second kappa shape index (κ2) is 4.37. The molecule has 96 valence electrons. The topological polar surface area (TPSA) is 31.4 Å². The fourth-order valence-electron chi connectivity index (χ4n) is 1.72. The predicted octanol–water partition coefficient (Wildman–Crippen LogP) is 2.68. The van der Waals surface area contributed by atoms with Crippen LogP contribution >= 0.6 is 11.6 Å². The van der Waals surface area contributed by atoms with E-state index in [4.69, 9.17) is 20.9 Å². The minimum atomic E-state index is -0.467. The Kier molecular flexibility index (Phi) is 3.30. The van der Waals surface area contributed by atoms with E-state index in [2.05, 4.69) is 11.6 Å². The molecule has 1 aliphatic heterocycles. The van der Waals surface area contributed by atoms with Crippen molar-refractivity contribution in [3.63, 3.8) is 0 Å². The van der Waals surface area contributed by atoms with Crippen molar-refractivity contribution in [2.45, 2.75) is 38.9 Å². The number of pyridine rings is 1. The van der Waals surface area contributed by atoms with Gasteiger partial charge in [0.1, 0.15) is 0 Å². The fraction of sp³-hybridized carbons (Fsp3) is 0.462. The van der Waals surface area contributed by atoms with E-state index in [1.54, 1.807) is 12.3 Å². The first kappa shape index (κ1) is 13.6. The number of halogens is 1. The normalized spacial score (nSPS) is 21.1. The van der Waals surface area contributed by atoms with Crippen molar-refractivity contribution in [1.29, 1.82) is 0 Å². The maximum absolute atomic E-state index is 6.00. The van der Waals surface area contributed by atoms with Crippen molar-refractivity contribution in [2.75, 3.05) is 0 Å². The summed E-state index contributed by atoms with van der Waals surface area (Å²) in [5.41, 5.74) is 0.810. The molecule has 0 aliphatic carbocycles. The zero-order valence-corrected chi connectivity index (χ0v) is 11.9. The zero-order chi connectivity index (χ0) is 13.6. The van der Waals surface area contributed by atoms with Gasteiger partial charge in [0.05, 0.1) is 21.8 Å². The molecule has 1 saturated heterocycles. The molecule has 0 aromatic carbocycles. The molecule has 1 aromatic heterocycles. The summed E-state index contributed by atoms with van der Waals surface area (Å²) in [7, 11) is -0.467. The van der Waals surface area contributed by atoms with Crippen LogP contribution in [0.4, 0.5) is 0 Å². The SMILES string of the molecule is C=Cc1cc(B2OC(C)(C)C(C)(C)O2)ncc1Cl. The van der Waals surface area contributed by atoms with Gasteiger partial charge in [0.15, 0.2) is 0 Å². The molecule has 2 heterocycles. The van der Waals surface area contributed by atoms with Crippen molar-refractivity contribution in [3.8, 4) is 0 Å². The van der Waals surface area contributed by atoms with Gasteiger partial charge in [-0.1, -0.05) is 24.3 Å². The molecule has 0 atom stereocenters. The van der Waals surface area contributed by atoms with Gasteiger partial charge in [-0.2, -0.15) is 0 Å². The van der Waals surface area contributed by atoms with Gasteiger partial charge in [-0.15, -0.1) is 0 Å². The summed E-state index contributed by atoms with van der Waals surface area (Å²) in [6, 6.07) is 1.84. The zero-order valence-electron chi connectivity index (χ0n) is 11.2. The summed E-state index contributed by atoms with van der Waals surface area (Å²) >= 11 is 6.00. The third kappa shape index (κ3) is 2.20. The Morgan fingerprint density at radius 3 is 2.33 bits per heavy atom. The van der Waals surface area contributed by atoms with Crippen LogP contribution in [-0.2, 0) is 9.31 Å². The van der Waals surface area contributed by atoms with Gasteiger partial charge in [-0.3, -0.25) is 4.98 Å². The molecule has 0 radical (unpaired) electrons. The molecule has 0 amide bonds. The Balaban J connectivity index is 2.32. The molecule has 1 fully saturated rings. The summed E-state index contributed by atoms with van der Waals surface area (Å²) in [6.45, 7) is 11.8. The molecule has 0 spiro atoms. The fourth-order valence-corrected chi connectivity index (χ4v) is 1.90. The third-order valence-electron chi connectivity index (χ3n) is 3.62. The highest BCUT2D eigenvalue weighted by atomic mass is 35.5. The summed E-state index contributed by atoms with van der Waals surface area (Å²) in [5, 5.41) is 0.574. The van der Waals surface area contributed by atoms with Crippen LogP contribution in [0.2, 0.25) is 5.02 Å². The molecule has 0 N–H and O–H groups in total. The number of nitrogens with zero attached hydrogens (tertiary/aromatic N) is 1. The maximum atomic E-state index is 6.00. The lowest BCUT2D eigenvalue weighted by Crippen LogP contribution is -2.41. The van der Waals surface area contributed by atoms with Gasteiger partial charge in [0.2, 0.25) is 0 Å². The van der Waals surface area contributed by atoms with Crippen LogP contribution in [0.1, 0.15) is 33.3 Å². The predicted molar refractivity (Wildman–Crippen MR) is 75.1 cm³/mol. The van der Waals surface area contributed by atoms with Gasteiger partial charge in [0.25, 0.3) is 0 Å². The minimum absolute atomic E-state index is 0.368. The lowest BCUT2D eigenvalue weighted by atomic mass is 9.83. The van der Waals surface area contributed by atoms with E-state index in [0.717, 1.165) is 5.56 Å². The van der Waals surface area contributed by atoms with Crippen LogP contribution in [0.5, 0.6) is 0 Å². The smallest absolute Gasteiger partial charge is 0.398 e. The first-order chi connectivity index (χ1) is 8.27. The molecular formula is C13H17BClNO2. The van der Waals surface area contributed by atoms with Crippen molar-refractivity contribution < 1.29 is 9.31 Å². The Labute approximate surface area is 113 Å². The van der Waals surface area contributed by atoms with Crippen molar-refractivity contribution >= 4 is 30.4 Å². The van der Waals surface area contributed by atoms with E-state index in [1.807, 2.05) is 33.8 Å². The van der Waals surface area contributed by atoms with E-state index in [1.165, 1.54) is 0 Å². The van der Waals surface area contributed by atoms with Crippen LogP contribution in [0.3, 0.4) is 0 Å². The van der Waals surface area contributed by atoms with Gasteiger partial charge >= 0.3 is 7.12 Å². The second-order valence-electron chi connectivity index (χ2n) is 5.42. The number of hydrogen-bond acceptors (Lipinski definition) is 3. The Morgan fingerprint density at radius 1 is 1.28 bits per heavy atom. The number of hydrogen-bond donors (Lipinski definition) is 0. The van der Waals surface area contributed by atoms with Gasteiger partial charge < -0.3 is 9.31 Å². The third-order valence-corrected chi connectivity index (χ3v) is 3.94. The van der Waals surface area contributed by atoms with E-state index in [9.17, 15) is 0 Å². The summed E-state index contributed by atoms with van der Waals surface area (Å²) in [6.07, 6.45) is 3.29. The average molecular weight is 266 g/mol. The number of aromatic nitrogens is 1. The number of rotatable bonds is 2. The largest absolute Gasteiger partial charge is 0.514 e. The van der Waals surface area contributed by atoms with Crippen LogP contribution in [0.15, 0.2) is 18.8 Å². The minimum Gasteiger partial charge on any atom is -0.398 e. The molecule has 1 aromatic rings. The van der Waals surface area contributed by atoms with E-state index in [0.29, 0.717) is 10.6 Å². The first-order valence-electron chi connectivity index (χ1n) is 5.90. The molecule has 0 saturated carbocycles. The summed E-state index contributed by atoms with van der Waals surface area (Å²) in [5.74, 6) is 0. The Morgan fingerprint density at radius 2 is 1.83 bits per heavy atom. The molecule has 0 bridgehead atoms. The Bertz CT molecular complexity index is 472. The first-order valence-corrected chi connectivity index (χ1v) is 6.28. The molecule has 2 rings (SSSR count). The highest BCUT2D eigenvalue weighted by Crippen LogP contribution is 2.36. The quantitative estimate of drug-likeness (QED) is 0.771. The van der Waals surface area contributed by atoms with Gasteiger partial charge in [0, 0.05) is 6.20 Å². The van der Waals surface area contributed by atoms with Crippen LogP contribution < -0.4 is 5.59 Å². The van der Waals surface area contributed by atoms with Crippen molar-refractivity contribution in [3.05, 3.63) is 29.4 Å². The molecule has 0 unspecified atom stereocenters. The van der Waals surface area contributed by atoms with E-state index < -0.39 is 7.12 Å². The van der Waals surface area contributed by atoms with Crippen LogP contribution in [0, 0.1) is 0 Å². The standard InChI is InChI=1S/C13H17BClNO2/c1-6-9-7-11(16-8-10(9)15)14-17-12(2,3)13(4,5)18-14/h6-8H,1H2,2-5H3. The summed E-state index contributed by atoms with van der Waals surface area (Å²) < 4.78 is 11.9. The molecule has 5 heteroatoms. The molecule has 3 nitrogen and oxygen atoms in total. The van der Waals surface area contributed by atoms with Crippen molar-refractivity contribution in [2.24, 2.45) is 0 Å². The van der Waals surface area contributed by atoms with E-state index in [-0.39, 0.29) is 11.2 Å². The highest BCUT2D eigenvalue weighted by Gasteiger charge is 2.52. The van der Waals surface area contributed by atoms with Gasteiger partial charge in [-0.05, 0) is 39.3 Å². The highest BCUT2D eigenvalue weighted by molar-refractivity contribution is 6.61. The Hall–Kier alpha value is -0.835. The average Bonchev–Trinajstić information content (AvgIpc) is 2.49. The monoisotopic (exact) mass is 265 g/mol. The molecule has 18 heavy (non-hydrogen) atoms. The van der Waals surface area contributed by atoms with Crippen molar-refractivity contribution in [1.82, 2.24) is 4.98 Å². The summed E-state index contributed by atoms with van der Waals surface area (Å²) in [4.78, 5) is 4.27. The molecular weight excluding hydrogens is 248 g/mol. The van der Waals surface area contributed by atoms with E-state index >= 15 is 0 Å². The second-order valence-corrected chi connectivity index (χ2v) is 5.83. The maximum Gasteiger partial charge on any atom is 0.514 e. The van der Waals surface area contributed by atoms with Gasteiger partial charge in [-0.25, -0.2) is 0 Å². The lowest BCUT2D eigenvalue weighted by Gasteiger charge is -2.32. The van der Waals surface area contributed by atoms with Crippen LogP contribution in [0.25, 0.3) is 6.08 Å². The van der Waals surface area contributed by atoms with Crippen LogP contribution in [-0.4, -0.2) is 23.3 Å². The lowest BCUT2D eigenvalue weighted by molar-refractivity contribution is 0.00578.